The molecule has 1 fully saturated rings. The Bertz CT molecular complexity index is 269. The number of anilines is 2. The van der Waals surface area contributed by atoms with Crippen molar-refractivity contribution in [1.82, 2.24) is 10.2 Å². The van der Waals surface area contributed by atoms with E-state index in [-0.39, 0.29) is 12.1 Å². The van der Waals surface area contributed by atoms with Gasteiger partial charge in [-0.3, -0.25) is 0 Å². The molecule has 1 aromatic heterocycles. The zero-order valence-electron chi connectivity index (χ0n) is 7.19. The molecule has 1 atom stereocenters. The van der Waals surface area contributed by atoms with Gasteiger partial charge in [0.1, 0.15) is 0 Å². The second-order valence-electron chi connectivity index (χ2n) is 2.96. The standard InChI is InChI=1S/C7H12N4O2/c8-6-10-11-7(13-6)9-4-5-2-1-3-12-5/h5H,1-4H2,(H2,8,10)(H,9,11). The largest absolute Gasteiger partial charge is 0.390 e. The molecule has 0 spiro atoms. The minimum Gasteiger partial charge on any atom is -0.390 e. The van der Waals surface area contributed by atoms with Crippen molar-refractivity contribution in [3.63, 3.8) is 0 Å². The second-order valence-corrected chi connectivity index (χ2v) is 2.96. The highest BCUT2D eigenvalue weighted by Gasteiger charge is 2.15. The molecule has 1 aromatic rings. The van der Waals surface area contributed by atoms with Crippen molar-refractivity contribution < 1.29 is 9.15 Å². The Hall–Kier alpha value is -1.30. The van der Waals surface area contributed by atoms with Crippen molar-refractivity contribution in [2.24, 2.45) is 0 Å². The molecule has 0 amide bonds. The summed E-state index contributed by atoms with van der Waals surface area (Å²) in [6.07, 6.45) is 2.46. The fourth-order valence-electron chi connectivity index (χ4n) is 1.31. The van der Waals surface area contributed by atoms with E-state index in [1.165, 1.54) is 0 Å². The fourth-order valence-corrected chi connectivity index (χ4v) is 1.31. The van der Waals surface area contributed by atoms with Gasteiger partial charge in [-0.15, -0.1) is 0 Å². The summed E-state index contributed by atoms with van der Waals surface area (Å²) in [5.74, 6) is 0. The van der Waals surface area contributed by atoms with E-state index in [1.807, 2.05) is 0 Å². The lowest BCUT2D eigenvalue weighted by atomic mass is 10.2. The van der Waals surface area contributed by atoms with E-state index in [0.29, 0.717) is 12.6 Å². The molecule has 6 heteroatoms. The van der Waals surface area contributed by atoms with Crippen LogP contribution in [-0.2, 0) is 4.74 Å². The summed E-state index contributed by atoms with van der Waals surface area (Å²) >= 11 is 0. The van der Waals surface area contributed by atoms with E-state index in [2.05, 4.69) is 15.5 Å². The van der Waals surface area contributed by atoms with E-state index in [0.717, 1.165) is 19.4 Å². The lowest BCUT2D eigenvalue weighted by Crippen LogP contribution is -2.18. The molecule has 1 aliphatic heterocycles. The molecule has 13 heavy (non-hydrogen) atoms. The van der Waals surface area contributed by atoms with E-state index in [4.69, 9.17) is 14.9 Å². The first-order chi connectivity index (χ1) is 6.34. The van der Waals surface area contributed by atoms with Crippen molar-refractivity contribution in [2.75, 3.05) is 24.2 Å². The molecule has 0 saturated carbocycles. The summed E-state index contributed by atoms with van der Waals surface area (Å²) in [7, 11) is 0. The van der Waals surface area contributed by atoms with Crippen molar-refractivity contribution in [2.45, 2.75) is 18.9 Å². The number of hydrogen-bond acceptors (Lipinski definition) is 6. The highest BCUT2D eigenvalue weighted by Crippen LogP contribution is 2.13. The zero-order valence-corrected chi connectivity index (χ0v) is 7.19. The van der Waals surface area contributed by atoms with Gasteiger partial charge in [0, 0.05) is 13.2 Å². The summed E-state index contributed by atoms with van der Waals surface area (Å²) in [5, 5.41) is 10.2. The summed E-state index contributed by atoms with van der Waals surface area (Å²) in [6, 6.07) is 0.433. The zero-order chi connectivity index (χ0) is 9.10. The number of nitrogens with zero attached hydrogens (tertiary/aromatic N) is 2. The predicted molar refractivity (Wildman–Crippen MR) is 46.2 cm³/mol. The van der Waals surface area contributed by atoms with Crippen molar-refractivity contribution in [3.05, 3.63) is 0 Å². The third kappa shape index (κ3) is 2.09. The summed E-state index contributed by atoms with van der Waals surface area (Å²) < 4.78 is 10.3. The number of aromatic nitrogens is 2. The Labute approximate surface area is 75.5 Å². The molecular formula is C7H12N4O2. The first-order valence-electron chi connectivity index (χ1n) is 4.29. The monoisotopic (exact) mass is 184 g/mol. The number of ether oxygens (including phenoxy) is 1. The molecular weight excluding hydrogens is 172 g/mol. The first-order valence-corrected chi connectivity index (χ1v) is 4.29. The Morgan fingerprint density at radius 3 is 3.08 bits per heavy atom. The highest BCUT2D eigenvalue weighted by molar-refractivity contribution is 5.22. The third-order valence-corrected chi connectivity index (χ3v) is 1.95. The first kappa shape index (κ1) is 8.31. The van der Waals surface area contributed by atoms with Gasteiger partial charge < -0.3 is 20.2 Å². The molecule has 1 unspecified atom stereocenters. The Kier molecular flexibility index (Phi) is 2.31. The van der Waals surface area contributed by atoms with Crippen LogP contribution in [0.1, 0.15) is 12.8 Å². The molecule has 1 saturated heterocycles. The third-order valence-electron chi connectivity index (χ3n) is 1.95. The van der Waals surface area contributed by atoms with E-state index in [1.54, 1.807) is 0 Å². The SMILES string of the molecule is Nc1nnc(NCC2CCCO2)o1. The van der Waals surface area contributed by atoms with Crippen LogP contribution in [0, 0.1) is 0 Å². The average molecular weight is 184 g/mol. The van der Waals surface area contributed by atoms with Gasteiger partial charge in [0.2, 0.25) is 0 Å². The number of nitrogens with two attached hydrogens (primary N) is 1. The van der Waals surface area contributed by atoms with Crippen LogP contribution in [-0.4, -0.2) is 29.5 Å². The average Bonchev–Trinajstić information content (AvgIpc) is 2.71. The predicted octanol–water partition coefficient (Wildman–Crippen LogP) is 0.243. The molecule has 6 nitrogen and oxygen atoms in total. The minimum atomic E-state index is 0.0786. The van der Waals surface area contributed by atoms with Crippen molar-refractivity contribution in [1.29, 1.82) is 0 Å². The molecule has 0 bridgehead atoms. The van der Waals surface area contributed by atoms with Crippen LogP contribution in [0.3, 0.4) is 0 Å². The lowest BCUT2D eigenvalue weighted by molar-refractivity contribution is 0.120. The van der Waals surface area contributed by atoms with Gasteiger partial charge in [0.25, 0.3) is 0 Å². The molecule has 2 heterocycles. The van der Waals surface area contributed by atoms with Gasteiger partial charge >= 0.3 is 12.0 Å². The maximum absolute atomic E-state index is 5.40. The lowest BCUT2D eigenvalue weighted by Gasteiger charge is -2.07. The minimum absolute atomic E-state index is 0.0786. The van der Waals surface area contributed by atoms with Crippen LogP contribution in [0.4, 0.5) is 12.0 Å². The Morgan fingerprint density at radius 1 is 1.54 bits per heavy atom. The second kappa shape index (κ2) is 3.61. The molecule has 1 aliphatic rings. The van der Waals surface area contributed by atoms with Crippen LogP contribution >= 0.6 is 0 Å². The van der Waals surface area contributed by atoms with Gasteiger partial charge in [-0.1, -0.05) is 10.2 Å². The van der Waals surface area contributed by atoms with Gasteiger partial charge in [0.05, 0.1) is 6.10 Å². The quantitative estimate of drug-likeness (QED) is 0.700. The number of hydrogen-bond donors (Lipinski definition) is 2. The Balaban J connectivity index is 1.78. The normalized spacial score (nSPS) is 22.0. The topological polar surface area (TPSA) is 86.2 Å². The summed E-state index contributed by atoms with van der Waals surface area (Å²) in [4.78, 5) is 0. The van der Waals surface area contributed by atoms with Crippen molar-refractivity contribution in [3.8, 4) is 0 Å². The van der Waals surface area contributed by atoms with Gasteiger partial charge in [-0.2, -0.15) is 0 Å². The Morgan fingerprint density at radius 2 is 2.46 bits per heavy atom. The van der Waals surface area contributed by atoms with E-state index < -0.39 is 0 Å². The summed E-state index contributed by atoms with van der Waals surface area (Å²) in [5.41, 5.74) is 5.25. The van der Waals surface area contributed by atoms with Crippen LogP contribution in [0.2, 0.25) is 0 Å². The van der Waals surface area contributed by atoms with Gasteiger partial charge in [-0.25, -0.2) is 0 Å². The molecule has 0 aliphatic carbocycles. The highest BCUT2D eigenvalue weighted by atomic mass is 16.5. The fraction of sp³-hybridized carbons (Fsp3) is 0.714. The van der Waals surface area contributed by atoms with Crippen LogP contribution in [0.15, 0.2) is 4.42 Å². The van der Waals surface area contributed by atoms with E-state index >= 15 is 0 Å². The van der Waals surface area contributed by atoms with Crippen LogP contribution < -0.4 is 11.1 Å². The van der Waals surface area contributed by atoms with E-state index in [9.17, 15) is 0 Å². The van der Waals surface area contributed by atoms with Gasteiger partial charge in [-0.05, 0) is 12.8 Å². The van der Waals surface area contributed by atoms with Crippen LogP contribution in [0.25, 0.3) is 0 Å². The summed E-state index contributed by atoms with van der Waals surface area (Å²) in [6.45, 7) is 1.54. The molecule has 72 valence electrons. The molecule has 2 rings (SSSR count). The number of nitrogen functional groups attached to an aromatic ring is 1. The van der Waals surface area contributed by atoms with Crippen molar-refractivity contribution >= 4 is 12.0 Å². The molecule has 0 aromatic carbocycles. The maximum Gasteiger partial charge on any atom is 0.316 e. The number of rotatable bonds is 3. The smallest absolute Gasteiger partial charge is 0.316 e. The molecule has 3 N–H and O–H groups in total. The maximum atomic E-state index is 5.40. The van der Waals surface area contributed by atoms with Gasteiger partial charge in [0.15, 0.2) is 0 Å². The molecule has 0 radical (unpaired) electrons. The number of nitrogens with one attached hydrogen (secondary N) is 1. The van der Waals surface area contributed by atoms with Crippen LogP contribution in [0.5, 0.6) is 0 Å².